The van der Waals surface area contributed by atoms with E-state index >= 15 is 0 Å². The third-order valence-electron chi connectivity index (χ3n) is 3.75. The van der Waals surface area contributed by atoms with E-state index < -0.39 is 5.41 Å². The van der Waals surface area contributed by atoms with Crippen molar-refractivity contribution in [1.82, 2.24) is 15.0 Å². The Kier molecular flexibility index (Phi) is 5.20. The number of thioether (sulfide) groups is 1. The third kappa shape index (κ3) is 4.16. The van der Waals surface area contributed by atoms with Crippen LogP contribution in [0.15, 0.2) is 39.9 Å². The summed E-state index contributed by atoms with van der Waals surface area (Å²) in [6.45, 7) is 5.65. The van der Waals surface area contributed by atoms with Crippen LogP contribution in [0.5, 0.6) is 0 Å². The van der Waals surface area contributed by atoms with Crippen LogP contribution in [0.25, 0.3) is 11.4 Å². The van der Waals surface area contributed by atoms with Crippen molar-refractivity contribution in [3.05, 3.63) is 46.3 Å². The molecule has 3 rings (SSSR count). The molecule has 1 aliphatic heterocycles. The summed E-state index contributed by atoms with van der Waals surface area (Å²) < 4.78 is 5.27. The summed E-state index contributed by atoms with van der Waals surface area (Å²) in [4.78, 5) is 30.3. The van der Waals surface area contributed by atoms with Crippen LogP contribution in [-0.2, 0) is 16.1 Å². The van der Waals surface area contributed by atoms with Crippen molar-refractivity contribution in [3.8, 4) is 11.4 Å². The van der Waals surface area contributed by atoms with E-state index in [1.54, 1.807) is 18.2 Å². The largest absolute Gasteiger partial charge is 0.337 e. The maximum atomic E-state index is 12.3. The lowest BCUT2D eigenvalue weighted by Crippen LogP contribution is -2.26. The van der Waals surface area contributed by atoms with Crippen LogP contribution < -0.4 is 0 Å². The molecule has 0 unspecified atom stereocenters. The number of carbonyl (C=O) groups is 2. The molecule has 0 radical (unpaired) electrons. The molecule has 1 aliphatic rings. The van der Waals surface area contributed by atoms with Crippen LogP contribution in [0, 0.1) is 5.41 Å². The normalized spacial score (nSPS) is 16.5. The standard InChI is InChI=1S/C18H18ClN3O3S/c1-18(2,3)13(23)8-16-22(15(24)10-26-16)9-14-20-17(21-25-14)11-5-4-6-12(19)7-11/h4-8H,9-10H2,1-3H3/b16-8-. The number of rotatable bonds is 4. The molecule has 8 heteroatoms. The molecule has 1 aromatic carbocycles. The van der Waals surface area contributed by atoms with Gasteiger partial charge in [0.1, 0.15) is 6.54 Å². The lowest BCUT2D eigenvalue weighted by atomic mass is 9.91. The van der Waals surface area contributed by atoms with E-state index in [0.717, 1.165) is 5.56 Å². The lowest BCUT2D eigenvalue weighted by molar-refractivity contribution is -0.126. The van der Waals surface area contributed by atoms with Crippen LogP contribution in [0.3, 0.4) is 0 Å². The molecular formula is C18H18ClN3O3S. The van der Waals surface area contributed by atoms with Gasteiger partial charge in [0, 0.05) is 22.1 Å². The first kappa shape index (κ1) is 18.7. The van der Waals surface area contributed by atoms with Gasteiger partial charge in [0.05, 0.1) is 10.8 Å². The Hall–Kier alpha value is -2.12. The first-order valence-corrected chi connectivity index (χ1v) is 9.38. The quantitative estimate of drug-likeness (QED) is 0.735. The molecule has 0 N–H and O–H groups in total. The number of halogens is 1. The smallest absolute Gasteiger partial charge is 0.247 e. The van der Waals surface area contributed by atoms with Crippen LogP contribution in [-0.4, -0.2) is 32.5 Å². The Morgan fingerprint density at radius 3 is 2.88 bits per heavy atom. The molecule has 0 saturated carbocycles. The first-order chi connectivity index (χ1) is 12.2. The van der Waals surface area contributed by atoms with Crippen LogP contribution in [0.4, 0.5) is 0 Å². The van der Waals surface area contributed by atoms with Crippen molar-refractivity contribution in [2.24, 2.45) is 5.41 Å². The van der Waals surface area contributed by atoms with Gasteiger partial charge in [0.15, 0.2) is 5.78 Å². The highest BCUT2D eigenvalue weighted by atomic mass is 35.5. The minimum Gasteiger partial charge on any atom is -0.337 e. The molecule has 0 aliphatic carbocycles. The van der Waals surface area contributed by atoms with Crippen molar-refractivity contribution >= 4 is 35.1 Å². The van der Waals surface area contributed by atoms with E-state index in [1.807, 2.05) is 26.8 Å². The van der Waals surface area contributed by atoms with Gasteiger partial charge < -0.3 is 4.52 Å². The van der Waals surface area contributed by atoms with Gasteiger partial charge in [-0.15, -0.1) is 0 Å². The van der Waals surface area contributed by atoms with E-state index in [2.05, 4.69) is 10.1 Å². The van der Waals surface area contributed by atoms with Gasteiger partial charge in [-0.2, -0.15) is 4.98 Å². The Labute approximate surface area is 160 Å². The maximum Gasteiger partial charge on any atom is 0.247 e. The minimum absolute atomic E-state index is 0.0372. The summed E-state index contributed by atoms with van der Waals surface area (Å²) in [6.07, 6.45) is 1.52. The predicted molar refractivity (Wildman–Crippen MR) is 100 cm³/mol. The van der Waals surface area contributed by atoms with E-state index in [0.29, 0.717) is 27.5 Å². The molecule has 2 aromatic rings. The van der Waals surface area contributed by atoms with Crippen molar-refractivity contribution in [2.75, 3.05) is 5.75 Å². The number of aromatic nitrogens is 2. The fourth-order valence-electron chi connectivity index (χ4n) is 2.23. The van der Waals surface area contributed by atoms with Crippen molar-refractivity contribution in [3.63, 3.8) is 0 Å². The van der Waals surface area contributed by atoms with E-state index in [4.69, 9.17) is 16.1 Å². The Morgan fingerprint density at radius 2 is 2.19 bits per heavy atom. The number of benzene rings is 1. The first-order valence-electron chi connectivity index (χ1n) is 8.02. The lowest BCUT2D eigenvalue weighted by Gasteiger charge is -2.17. The number of amides is 1. The fraction of sp³-hybridized carbons (Fsp3) is 0.333. The van der Waals surface area contributed by atoms with Crippen LogP contribution in [0.1, 0.15) is 26.7 Å². The third-order valence-corrected chi connectivity index (χ3v) is 5.01. The maximum absolute atomic E-state index is 12.3. The zero-order chi connectivity index (χ0) is 18.9. The summed E-state index contributed by atoms with van der Waals surface area (Å²) in [5.41, 5.74) is 0.225. The highest BCUT2D eigenvalue weighted by molar-refractivity contribution is 8.04. The van der Waals surface area contributed by atoms with Gasteiger partial charge in [-0.3, -0.25) is 14.5 Å². The van der Waals surface area contributed by atoms with Gasteiger partial charge in [-0.1, -0.05) is 61.4 Å². The van der Waals surface area contributed by atoms with Crippen molar-refractivity contribution in [2.45, 2.75) is 27.3 Å². The molecule has 136 valence electrons. The molecule has 0 bridgehead atoms. The topological polar surface area (TPSA) is 76.3 Å². The molecule has 1 saturated heterocycles. The van der Waals surface area contributed by atoms with Crippen LogP contribution >= 0.6 is 23.4 Å². The number of allylic oxidation sites excluding steroid dienone is 1. The zero-order valence-corrected chi connectivity index (χ0v) is 16.2. The molecule has 1 amide bonds. The Balaban J connectivity index is 1.80. The second-order valence-corrected chi connectivity index (χ2v) is 8.32. The average molecular weight is 392 g/mol. The van der Waals surface area contributed by atoms with E-state index in [1.165, 1.54) is 22.7 Å². The summed E-state index contributed by atoms with van der Waals surface area (Å²) in [5.74, 6) is 0.858. The number of hydrogen-bond acceptors (Lipinski definition) is 6. The van der Waals surface area contributed by atoms with E-state index in [-0.39, 0.29) is 18.2 Å². The second-order valence-electron chi connectivity index (χ2n) is 6.89. The van der Waals surface area contributed by atoms with Gasteiger partial charge in [0.25, 0.3) is 0 Å². The molecule has 6 nitrogen and oxygen atoms in total. The summed E-state index contributed by atoms with van der Waals surface area (Å²) in [6, 6.07) is 7.12. The van der Waals surface area contributed by atoms with Gasteiger partial charge >= 0.3 is 0 Å². The van der Waals surface area contributed by atoms with Gasteiger partial charge in [-0.25, -0.2) is 0 Å². The molecular weight excluding hydrogens is 374 g/mol. The van der Waals surface area contributed by atoms with E-state index in [9.17, 15) is 9.59 Å². The average Bonchev–Trinajstić information content (AvgIpc) is 3.16. The second kappa shape index (κ2) is 7.25. The summed E-state index contributed by atoms with van der Waals surface area (Å²) >= 11 is 7.32. The number of ketones is 1. The molecule has 0 atom stereocenters. The predicted octanol–water partition coefficient (Wildman–Crippen LogP) is 3.92. The monoisotopic (exact) mass is 391 g/mol. The minimum atomic E-state index is -0.505. The molecule has 0 spiro atoms. The molecule has 2 heterocycles. The number of hydrogen-bond donors (Lipinski definition) is 0. The SMILES string of the molecule is CC(C)(C)C(=O)/C=C1\SCC(=O)N1Cc1nc(-c2cccc(Cl)c2)no1. The molecule has 1 aromatic heterocycles. The Bertz CT molecular complexity index is 886. The van der Waals surface area contributed by atoms with Crippen molar-refractivity contribution < 1.29 is 14.1 Å². The number of nitrogens with zero attached hydrogens (tertiary/aromatic N) is 3. The van der Waals surface area contributed by atoms with Gasteiger partial charge in [-0.05, 0) is 12.1 Å². The highest BCUT2D eigenvalue weighted by Gasteiger charge is 2.30. The molecule has 1 fully saturated rings. The highest BCUT2D eigenvalue weighted by Crippen LogP contribution is 2.32. The van der Waals surface area contributed by atoms with Crippen molar-refractivity contribution in [1.29, 1.82) is 0 Å². The van der Waals surface area contributed by atoms with Crippen LogP contribution in [0.2, 0.25) is 5.02 Å². The van der Waals surface area contributed by atoms with Gasteiger partial charge in [0.2, 0.25) is 17.6 Å². The fourth-order valence-corrected chi connectivity index (χ4v) is 3.36. The number of carbonyl (C=O) groups excluding carboxylic acids is 2. The summed E-state index contributed by atoms with van der Waals surface area (Å²) in [7, 11) is 0. The summed E-state index contributed by atoms with van der Waals surface area (Å²) in [5, 5.41) is 5.13. The zero-order valence-electron chi connectivity index (χ0n) is 14.7. The molecule has 26 heavy (non-hydrogen) atoms. The Morgan fingerprint density at radius 1 is 1.42 bits per heavy atom.